The van der Waals surface area contributed by atoms with Crippen molar-refractivity contribution in [3.05, 3.63) is 16.4 Å². The molecule has 0 saturated heterocycles. The molecule has 2 rings (SSSR count). The molecule has 1 fully saturated rings. The molecule has 2 atom stereocenters. The van der Waals surface area contributed by atoms with Gasteiger partial charge in [0.25, 0.3) is 0 Å². The van der Waals surface area contributed by atoms with Crippen molar-refractivity contribution in [3.63, 3.8) is 0 Å². The molecule has 1 aliphatic rings. The van der Waals surface area contributed by atoms with E-state index in [0.717, 1.165) is 12.8 Å². The summed E-state index contributed by atoms with van der Waals surface area (Å²) in [6, 6.07) is 0. The van der Waals surface area contributed by atoms with E-state index in [4.69, 9.17) is 5.84 Å². The van der Waals surface area contributed by atoms with Gasteiger partial charge in [-0.2, -0.15) is 0 Å². The molecule has 0 aliphatic heterocycles. The fourth-order valence-electron chi connectivity index (χ4n) is 2.36. The van der Waals surface area contributed by atoms with Gasteiger partial charge in [0.15, 0.2) is 5.03 Å². The summed E-state index contributed by atoms with van der Waals surface area (Å²) in [5.41, 5.74) is 2.13. The van der Waals surface area contributed by atoms with Crippen molar-refractivity contribution in [1.29, 1.82) is 0 Å². The summed E-state index contributed by atoms with van der Waals surface area (Å²) in [6.45, 7) is 2.22. The summed E-state index contributed by atoms with van der Waals surface area (Å²) in [5, 5.41) is 11.9. The second kappa shape index (κ2) is 6.16. The van der Waals surface area contributed by atoms with Crippen LogP contribution in [0.1, 0.15) is 32.6 Å². The molecule has 1 aromatic heterocycles. The van der Waals surface area contributed by atoms with Crippen LogP contribution < -0.4 is 11.3 Å². The third-order valence-electron chi connectivity index (χ3n) is 3.27. The van der Waals surface area contributed by atoms with Gasteiger partial charge in [0, 0.05) is 5.25 Å². The Morgan fingerprint density at radius 2 is 2.32 bits per heavy atom. The molecule has 0 aromatic carbocycles. The third kappa shape index (κ3) is 3.32. The molecule has 1 aliphatic carbocycles. The number of nitrogens with one attached hydrogen (secondary N) is 1. The first kappa shape index (κ1) is 14.0. The van der Waals surface area contributed by atoms with Crippen molar-refractivity contribution in [3.8, 4) is 0 Å². The number of thioether (sulfide) groups is 1. The molecule has 0 spiro atoms. The van der Waals surface area contributed by atoms with E-state index in [1.165, 1.54) is 30.9 Å². The number of hydrazine groups is 1. The lowest BCUT2D eigenvalue weighted by Gasteiger charge is -2.25. The Morgan fingerprint density at radius 3 is 2.95 bits per heavy atom. The normalized spacial score (nSPS) is 23.1. The van der Waals surface area contributed by atoms with E-state index in [0.29, 0.717) is 16.2 Å². The van der Waals surface area contributed by atoms with Crippen LogP contribution in [-0.2, 0) is 0 Å². The van der Waals surface area contributed by atoms with E-state index in [1.807, 2.05) is 0 Å². The van der Waals surface area contributed by atoms with Crippen LogP contribution in [0.25, 0.3) is 0 Å². The van der Waals surface area contributed by atoms with Crippen molar-refractivity contribution in [2.45, 2.75) is 42.9 Å². The quantitative estimate of drug-likeness (QED) is 0.378. The lowest BCUT2D eigenvalue weighted by molar-refractivity contribution is -0.387. The smallest absolute Gasteiger partial charge is 0.303 e. The number of nitrogen functional groups attached to an aromatic ring is 1. The molecule has 1 aromatic rings. The standard InChI is InChI=1S/C11H17N5O2S/c1-7-3-2-4-8(5-7)19-11-9(16(17)18)10(15-12)13-6-14-11/h6-8H,2-5,12H2,1H3,(H,13,14,15). The van der Waals surface area contributed by atoms with Crippen LogP contribution in [-0.4, -0.2) is 20.1 Å². The lowest BCUT2D eigenvalue weighted by atomic mass is 9.91. The molecule has 1 saturated carbocycles. The molecular formula is C11H17N5O2S. The van der Waals surface area contributed by atoms with Crippen LogP contribution >= 0.6 is 11.8 Å². The Bertz CT molecular complexity index is 470. The van der Waals surface area contributed by atoms with Gasteiger partial charge < -0.3 is 5.43 Å². The Kier molecular flexibility index (Phi) is 4.54. The topological polar surface area (TPSA) is 107 Å². The van der Waals surface area contributed by atoms with Gasteiger partial charge in [-0.25, -0.2) is 15.8 Å². The Labute approximate surface area is 115 Å². The molecule has 8 heteroatoms. The molecule has 0 bridgehead atoms. The van der Waals surface area contributed by atoms with Crippen LogP contribution in [0, 0.1) is 16.0 Å². The fourth-order valence-corrected chi connectivity index (χ4v) is 3.78. The number of nitrogens with two attached hydrogens (primary N) is 1. The summed E-state index contributed by atoms with van der Waals surface area (Å²) in [7, 11) is 0. The monoisotopic (exact) mass is 283 g/mol. The van der Waals surface area contributed by atoms with E-state index < -0.39 is 4.92 Å². The predicted octanol–water partition coefficient (Wildman–Crippen LogP) is 2.34. The van der Waals surface area contributed by atoms with E-state index in [2.05, 4.69) is 22.3 Å². The van der Waals surface area contributed by atoms with E-state index >= 15 is 0 Å². The molecular weight excluding hydrogens is 266 g/mol. The maximum atomic E-state index is 11.1. The zero-order valence-electron chi connectivity index (χ0n) is 10.7. The molecule has 2 unspecified atom stereocenters. The molecule has 19 heavy (non-hydrogen) atoms. The molecule has 0 amide bonds. The average Bonchev–Trinajstić information content (AvgIpc) is 2.38. The first-order valence-electron chi connectivity index (χ1n) is 6.24. The zero-order valence-corrected chi connectivity index (χ0v) is 11.5. The highest BCUT2D eigenvalue weighted by Crippen LogP contribution is 2.40. The van der Waals surface area contributed by atoms with Crippen LogP contribution in [0.4, 0.5) is 11.5 Å². The second-order valence-corrected chi connectivity index (χ2v) is 6.08. The zero-order chi connectivity index (χ0) is 13.8. The highest BCUT2D eigenvalue weighted by atomic mass is 32.2. The van der Waals surface area contributed by atoms with Crippen LogP contribution in [0.2, 0.25) is 0 Å². The van der Waals surface area contributed by atoms with Gasteiger partial charge in [-0.3, -0.25) is 10.1 Å². The number of hydrogen-bond donors (Lipinski definition) is 2. The van der Waals surface area contributed by atoms with Crippen molar-refractivity contribution in [2.24, 2.45) is 11.8 Å². The fraction of sp³-hybridized carbons (Fsp3) is 0.636. The van der Waals surface area contributed by atoms with Gasteiger partial charge in [-0.15, -0.1) is 0 Å². The molecule has 3 N–H and O–H groups in total. The number of nitrogens with zero attached hydrogens (tertiary/aromatic N) is 3. The lowest BCUT2D eigenvalue weighted by Crippen LogP contribution is -2.16. The minimum absolute atomic E-state index is 0.0614. The highest BCUT2D eigenvalue weighted by Gasteiger charge is 2.27. The SMILES string of the molecule is CC1CCCC(Sc2ncnc(NN)c2[N+](=O)[O-])C1. The van der Waals surface area contributed by atoms with Crippen molar-refractivity contribution < 1.29 is 4.92 Å². The van der Waals surface area contributed by atoms with E-state index in [1.54, 1.807) is 0 Å². The molecule has 7 nitrogen and oxygen atoms in total. The van der Waals surface area contributed by atoms with Crippen LogP contribution in [0.3, 0.4) is 0 Å². The van der Waals surface area contributed by atoms with Crippen molar-refractivity contribution >= 4 is 23.3 Å². The molecule has 0 radical (unpaired) electrons. The predicted molar refractivity (Wildman–Crippen MR) is 73.8 cm³/mol. The molecule has 104 valence electrons. The summed E-state index contributed by atoms with van der Waals surface area (Å²) in [4.78, 5) is 18.5. The number of aromatic nitrogens is 2. The van der Waals surface area contributed by atoms with Gasteiger partial charge in [0.1, 0.15) is 6.33 Å². The van der Waals surface area contributed by atoms with Crippen LogP contribution in [0.15, 0.2) is 11.4 Å². The van der Waals surface area contributed by atoms with Gasteiger partial charge >= 0.3 is 5.69 Å². The van der Waals surface area contributed by atoms with Gasteiger partial charge in [0.2, 0.25) is 5.82 Å². The summed E-state index contributed by atoms with van der Waals surface area (Å²) >= 11 is 1.46. The number of rotatable bonds is 4. The van der Waals surface area contributed by atoms with Crippen molar-refractivity contribution in [2.75, 3.05) is 5.43 Å². The Balaban J connectivity index is 2.21. The van der Waals surface area contributed by atoms with Crippen LogP contribution in [0.5, 0.6) is 0 Å². The largest absolute Gasteiger partial charge is 0.344 e. The van der Waals surface area contributed by atoms with Crippen molar-refractivity contribution in [1.82, 2.24) is 9.97 Å². The second-order valence-electron chi connectivity index (χ2n) is 4.79. The maximum Gasteiger partial charge on any atom is 0.344 e. The van der Waals surface area contributed by atoms with Gasteiger partial charge in [0.05, 0.1) is 4.92 Å². The number of anilines is 1. The molecule has 1 heterocycles. The highest BCUT2D eigenvalue weighted by molar-refractivity contribution is 8.00. The summed E-state index contributed by atoms with van der Waals surface area (Å²) in [5.74, 6) is 5.99. The minimum Gasteiger partial charge on any atom is -0.303 e. The van der Waals surface area contributed by atoms with Gasteiger partial charge in [-0.05, 0) is 18.8 Å². The number of nitro groups is 1. The minimum atomic E-state index is -0.482. The first-order valence-corrected chi connectivity index (χ1v) is 7.12. The van der Waals surface area contributed by atoms with E-state index in [9.17, 15) is 10.1 Å². The Hall–Kier alpha value is -1.41. The number of hydrogen-bond acceptors (Lipinski definition) is 7. The third-order valence-corrected chi connectivity index (χ3v) is 4.56. The summed E-state index contributed by atoms with van der Waals surface area (Å²) in [6.07, 6.45) is 5.84. The summed E-state index contributed by atoms with van der Waals surface area (Å²) < 4.78 is 0. The average molecular weight is 283 g/mol. The van der Waals surface area contributed by atoms with Gasteiger partial charge in [-0.1, -0.05) is 31.5 Å². The Morgan fingerprint density at radius 1 is 1.53 bits per heavy atom. The first-order chi connectivity index (χ1) is 9.11. The van der Waals surface area contributed by atoms with E-state index in [-0.39, 0.29) is 11.5 Å². The maximum absolute atomic E-state index is 11.1.